The number of carbonyl (C=O) groups excluding carboxylic acids is 3. The molecule has 0 aromatic heterocycles. The van der Waals surface area contributed by atoms with E-state index in [9.17, 15) is 14.4 Å². The Labute approximate surface area is 175 Å². The van der Waals surface area contributed by atoms with E-state index in [0.29, 0.717) is 45.6 Å². The number of Topliss-reactive ketones (excluding diaryl/α,β-unsaturated/α-hetero) is 3. The maximum Gasteiger partial charge on any atom is 0.167 e. The number of carbonyl (C=O) groups is 3. The summed E-state index contributed by atoms with van der Waals surface area (Å²) in [6.45, 7) is 1.79. The van der Waals surface area contributed by atoms with Gasteiger partial charge >= 0.3 is 0 Å². The Morgan fingerprint density at radius 1 is 0.600 bits per heavy atom. The van der Waals surface area contributed by atoms with Crippen LogP contribution in [0.4, 0.5) is 11.4 Å². The summed E-state index contributed by atoms with van der Waals surface area (Å²) in [4.78, 5) is 37.6. The number of hydrogen-bond acceptors (Lipinski definition) is 5. The van der Waals surface area contributed by atoms with Crippen molar-refractivity contribution < 1.29 is 14.4 Å². The van der Waals surface area contributed by atoms with Crippen molar-refractivity contribution in [3.05, 3.63) is 94.5 Å². The minimum Gasteiger partial charge on any atom is -0.399 e. The van der Waals surface area contributed by atoms with Gasteiger partial charge in [0.15, 0.2) is 17.3 Å². The first kappa shape index (κ1) is 21.0. The number of hydrogen-bond donors (Lipinski definition) is 2. The molecule has 3 rings (SSSR count). The summed E-state index contributed by atoms with van der Waals surface area (Å²) < 4.78 is 0. The highest BCUT2D eigenvalue weighted by atomic mass is 16.1. The van der Waals surface area contributed by atoms with E-state index in [1.807, 2.05) is 6.07 Å². The fraction of sp³-hybridized carbons (Fsp3) is 0.160. The molecule has 0 amide bonds. The Balaban J connectivity index is 1.86. The van der Waals surface area contributed by atoms with Gasteiger partial charge in [-0.15, -0.1) is 0 Å². The van der Waals surface area contributed by atoms with Gasteiger partial charge in [-0.1, -0.05) is 13.0 Å². The second-order valence-electron chi connectivity index (χ2n) is 7.26. The van der Waals surface area contributed by atoms with Crippen LogP contribution in [0.15, 0.2) is 66.7 Å². The molecule has 30 heavy (non-hydrogen) atoms. The van der Waals surface area contributed by atoms with Crippen molar-refractivity contribution in [3.8, 4) is 0 Å². The van der Waals surface area contributed by atoms with Crippen molar-refractivity contribution in [2.24, 2.45) is 0 Å². The molecule has 5 nitrogen and oxygen atoms in total. The van der Waals surface area contributed by atoms with Gasteiger partial charge in [0.05, 0.1) is 0 Å². The second-order valence-corrected chi connectivity index (χ2v) is 7.26. The van der Waals surface area contributed by atoms with Gasteiger partial charge in [0.2, 0.25) is 0 Å². The van der Waals surface area contributed by atoms with E-state index in [1.54, 1.807) is 67.6 Å². The van der Waals surface area contributed by atoms with Crippen molar-refractivity contribution in [3.63, 3.8) is 0 Å². The largest absolute Gasteiger partial charge is 0.399 e. The standard InChI is InChI=1S/C25H24N2O3/c1-2-23(28)20-12-16(14-24(29)18-3-7-21(26)8-4-18)11-17(13-20)15-25(30)19-5-9-22(27)10-6-19/h3-13H,2,14-15,26-27H2,1H3. The van der Waals surface area contributed by atoms with E-state index in [-0.39, 0.29) is 30.2 Å². The van der Waals surface area contributed by atoms with E-state index in [1.165, 1.54) is 0 Å². The fourth-order valence-electron chi connectivity index (χ4n) is 3.24. The minimum atomic E-state index is -0.0769. The predicted octanol–water partition coefficient (Wildman–Crippen LogP) is 4.29. The zero-order valence-electron chi connectivity index (χ0n) is 16.9. The highest BCUT2D eigenvalue weighted by Crippen LogP contribution is 2.18. The Bertz CT molecular complexity index is 1010. The van der Waals surface area contributed by atoms with Crippen LogP contribution in [0.2, 0.25) is 0 Å². The lowest BCUT2D eigenvalue weighted by Crippen LogP contribution is -2.09. The molecule has 0 saturated carbocycles. The van der Waals surface area contributed by atoms with Gasteiger partial charge in [-0.3, -0.25) is 14.4 Å². The summed E-state index contributed by atoms with van der Waals surface area (Å²) in [7, 11) is 0. The molecule has 5 heteroatoms. The van der Waals surface area contributed by atoms with E-state index in [4.69, 9.17) is 11.5 Å². The Morgan fingerprint density at radius 3 is 1.37 bits per heavy atom. The van der Waals surface area contributed by atoms with Crippen LogP contribution in [-0.4, -0.2) is 17.3 Å². The van der Waals surface area contributed by atoms with Crippen LogP contribution in [0.3, 0.4) is 0 Å². The molecule has 0 saturated heterocycles. The molecule has 0 bridgehead atoms. The van der Waals surface area contributed by atoms with Crippen LogP contribution in [0.5, 0.6) is 0 Å². The van der Waals surface area contributed by atoms with Gasteiger partial charge in [0.25, 0.3) is 0 Å². The van der Waals surface area contributed by atoms with Crippen molar-refractivity contribution in [1.29, 1.82) is 0 Å². The third-order valence-electron chi connectivity index (χ3n) is 4.89. The summed E-state index contributed by atoms with van der Waals surface area (Å²) >= 11 is 0. The van der Waals surface area contributed by atoms with Gasteiger partial charge in [0, 0.05) is 47.3 Å². The fourth-order valence-corrected chi connectivity index (χ4v) is 3.24. The van der Waals surface area contributed by atoms with Gasteiger partial charge in [-0.25, -0.2) is 0 Å². The SMILES string of the molecule is CCC(=O)c1cc(CC(=O)c2ccc(N)cc2)cc(CC(=O)c2ccc(N)cc2)c1. The third kappa shape index (κ3) is 5.20. The molecule has 0 aliphatic heterocycles. The summed E-state index contributed by atoms with van der Waals surface area (Å²) in [6.07, 6.45) is 0.621. The average molecular weight is 400 g/mol. The van der Waals surface area contributed by atoms with Crippen LogP contribution in [0, 0.1) is 0 Å². The summed E-state index contributed by atoms with van der Waals surface area (Å²) in [6, 6.07) is 18.8. The molecule has 3 aromatic rings. The monoisotopic (exact) mass is 400 g/mol. The normalized spacial score (nSPS) is 10.6. The topological polar surface area (TPSA) is 103 Å². The van der Waals surface area contributed by atoms with Crippen molar-refractivity contribution in [1.82, 2.24) is 0 Å². The molecule has 0 radical (unpaired) electrons. The van der Waals surface area contributed by atoms with Crippen LogP contribution in [0.25, 0.3) is 0 Å². The lowest BCUT2D eigenvalue weighted by molar-refractivity contribution is 0.0976. The molecule has 0 aliphatic carbocycles. The molecule has 0 aliphatic rings. The first-order valence-corrected chi connectivity index (χ1v) is 9.79. The summed E-state index contributed by atoms with van der Waals surface area (Å²) in [5, 5.41) is 0. The molecular weight excluding hydrogens is 376 g/mol. The molecule has 0 fully saturated rings. The number of ketones is 3. The third-order valence-corrected chi connectivity index (χ3v) is 4.89. The van der Waals surface area contributed by atoms with Gasteiger partial charge in [-0.05, 0) is 71.8 Å². The summed E-state index contributed by atoms with van der Waals surface area (Å²) in [5.41, 5.74) is 15.6. The number of nitrogens with two attached hydrogens (primary N) is 2. The van der Waals surface area contributed by atoms with Gasteiger partial charge < -0.3 is 11.5 Å². The Morgan fingerprint density at radius 2 is 1.00 bits per heavy atom. The van der Waals surface area contributed by atoms with E-state index in [0.717, 1.165) is 0 Å². The van der Waals surface area contributed by atoms with Gasteiger partial charge in [0.1, 0.15) is 0 Å². The van der Waals surface area contributed by atoms with Gasteiger partial charge in [-0.2, -0.15) is 0 Å². The highest BCUT2D eigenvalue weighted by molar-refractivity contribution is 6.00. The molecule has 4 N–H and O–H groups in total. The molecular formula is C25H24N2O3. The van der Waals surface area contributed by atoms with Crippen molar-refractivity contribution in [2.75, 3.05) is 11.5 Å². The maximum atomic E-state index is 12.7. The highest BCUT2D eigenvalue weighted by Gasteiger charge is 2.14. The maximum absolute atomic E-state index is 12.7. The van der Waals surface area contributed by atoms with E-state index >= 15 is 0 Å². The molecule has 0 spiro atoms. The molecule has 152 valence electrons. The van der Waals surface area contributed by atoms with Crippen LogP contribution < -0.4 is 11.5 Å². The first-order valence-electron chi connectivity index (χ1n) is 9.79. The van der Waals surface area contributed by atoms with E-state index in [2.05, 4.69) is 0 Å². The quantitative estimate of drug-likeness (QED) is 0.433. The number of nitrogen functional groups attached to an aromatic ring is 2. The molecule has 0 unspecified atom stereocenters. The second kappa shape index (κ2) is 9.18. The molecule has 0 atom stereocenters. The summed E-state index contributed by atoms with van der Waals surface area (Å²) in [5.74, 6) is -0.184. The zero-order valence-corrected chi connectivity index (χ0v) is 16.9. The molecule has 0 heterocycles. The predicted molar refractivity (Wildman–Crippen MR) is 119 cm³/mol. The minimum absolute atomic E-state index is 0.0297. The first-order chi connectivity index (χ1) is 14.4. The Hall–Kier alpha value is -3.73. The molecule has 3 aromatic carbocycles. The lowest BCUT2D eigenvalue weighted by Gasteiger charge is -2.09. The van der Waals surface area contributed by atoms with Crippen LogP contribution >= 0.6 is 0 Å². The lowest BCUT2D eigenvalue weighted by atomic mass is 9.94. The Kier molecular flexibility index (Phi) is 6.42. The van der Waals surface area contributed by atoms with E-state index < -0.39 is 0 Å². The number of anilines is 2. The van der Waals surface area contributed by atoms with Crippen molar-refractivity contribution in [2.45, 2.75) is 26.2 Å². The number of benzene rings is 3. The number of rotatable bonds is 8. The zero-order chi connectivity index (χ0) is 21.7. The smallest absolute Gasteiger partial charge is 0.167 e. The van der Waals surface area contributed by atoms with Crippen LogP contribution in [0.1, 0.15) is 55.5 Å². The van der Waals surface area contributed by atoms with Crippen LogP contribution in [-0.2, 0) is 12.8 Å². The van der Waals surface area contributed by atoms with Crippen molar-refractivity contribution >= 4 is 28.7 Å². The average Bonchev–Trinajstić information content (AvgIpc) is 2.73.